The Bertz CT molecular complexity index is 659. The fourth-order valence-corrected chi connectivity index (χ4v) is 2.38. The van der Waals surface area contributed by atoms with Crippen LogP contribution in [0.5, 0.6) is 5.75 Å². The van der Waals surface area contributed by atoms with Crippen molar-refractivity contribution >= 4 is 15.9 Å². The van der Waals surface area contributed by atoms with Gasteiger partial charge in [0.1, 0.15) is 24.0 Å². The summed E-state index contributed by atoms with van der Waals surface area (Å²) in [6, 6.07) is 7.85. The summed E-state index contributed by atoms with van der Waals surface area (Å²) in [6.07, 6.45) is 0. The molecule has 2 aromatic rings. The van der Waals surface area contributed by atoms with E-state index in [2.05, 4.69) is 15.9 Å². The van der Waals surface area contributed by atoms with Gasteiger partial charge in [-0.1, -0.05) is 17.7 Å². The van der Waals surface area contributed by atoms with Crippen molar-refractivity contribution in [1.82, 2.24) is 0 Å². The Morgan fingerprint density at radius 1 is 1.24 bits per heavy atom. The van der Waals surface area contributed by atoms with Crippen LogP contribution in [0.1, 0.15) is 29.7 Å². The van der Waals surface area contributed by atoms with Crippen molar-refractivity contribution in [3.05, 3.63) is 63.1 Å². The smallest absolute Gasteiger partial charge is 0.146 e. The maximum absolute atomic E-state index is 13.9. The number of aryl methyl sites for hydroxylation is 1. The first-order chi connectivity index (χ1) is 9.90. The molecule has 1 atom stereocenters. The highest BCUT2D eigenvalue weighted by Crippen LogP contribution is 2.28. The highest BCUT2D eigenvalue weighted by molar-refractivity contribution is 9.10. The summed E-state index contributed by atoms with van der Waals surface area (Å²) in [5.74, 6) is -0.746. The van der Waals surface area contributed by atoms with E-state index in [4.69, 9.17) is 10.5 Å². The van der Waals surface area contributed by atoms with Crippen molar-refractivity contribution in [1.29, 1.82) is 0 Å². The van der Waals surface area contributed by atoms with Crippen molar-refractivity contribution < 1.29 is 13.5 Å². The molecule has 0 amide bonds. The van der Waals surface area contributed by atoms with Gasteiger partial charge in [0.25, 0.3) is 0 Å². The van der Waals surface area contributed by atoms with Crippen LogP contribution >= 0.6 is 15.9 Å². The van der Waals surface area contributed by atoms with E-state index in [1.165, 1.54) is 12.1 Å². The van der Waals surface area contributed by atoms with E-state index >= 15 is 0 Å². The van der Waals surface area contributed by atoms with Gasteiger partial charge in [0.2, 0.25) is 0 Å². The molecule has 0 spiro atoms. The maximum atomic E-state index is 13.9. The standard InChI is InChI=1S/C16H16BrF2NO/c1-9-3-6-15(11(7-9)10(2)20)21-8-12-14(18)5-4-13(17)16(12)19/h3-7,10H,8,20H2,1-2H3. The van der Waals surface area contributed by atoms with Crippen molar-refractivity contribution in [2.75, 3.05) is 0 Å². The minimum absolute atomic E-state index is 0.111. The molecule has 0 fully saturated rings. The molecule has 0 radical (unpaired) electrons. The average Bonchev–Trinajstić information content (AvgIpc) is 2.44. The molecule has 2 N–H and O–H groups in total. The first kappa shape index (κ1) is 15.9. The number of benzene rings is 2. The molecule has 0 aromatic heterocycles. The van der Waals surface area contributed by atoms with Gasteiger partial charge in [0, 0.05) is 11.6 Å². The first-order valence-corrected chi connectivity index (χ1v) is 7.30. The third-order valence-corrected chi connectivity index (χ3v) is 3.78. The molecule has 2 nitrogen and oxygen atoms in total. The Morgan fingerprint density at radius 2 is 1.95 bits per heavy atom. The van der Waals surface area contributed by atoms with Gasteiger partial charge < -0.3 is 10.5 Å². The molecule has 2 aromatic carbocycles. The molecule has 112 valence electrons. The molecule has 0 bridgehead atoms. The Kier molecular flexibility index (Phi) is 4.96. The molecular weight excluding hydrogens is 340 g/mol. The van der Waals surface area contributed by atoms with Crippen LogP contribution in [0.2, 0.25) is 0 Å². The van der Waals surface area contributed by atoms with Crippen LogP contribution in [0.25, 0.3) is 0 Å². The van der Waals surface area contributed by atoms with E-state index in [0.29, 0.717) is 5.75 Å². The summed E-state index contributed by atoms with van der Waals surface area (Å²) in [7, 11) is 0. The molecule has 0 aliphatic rings. The lowest BCUT2D eigenvalue weighted by Crippen LogP contribution is -2.09. The van der Waals surface area contributed by atoms with Gasteiger partial charge in [-0.15, -0.1) is 0 Å². The second kappa shape index (κ2) is 6.54. The molecule has 2 rings (SSSR count). The Morgan fingerprint density at radius 3 is 2.62 bits per heavy atom. The van der Waals surface area contributed by atoms with Crippen molar-refractivity contribution in [2.45, 2.75) is 26.5 Å². The van der Waals surface area contributed by atoms with Gasteiger partial charge in [0.05, 0.1) is 10.0 Å². The van der Waals surface area contributed by atoms with Crippen LogP contribution < -0.4 is 10.5 Å². The van der Waals surface area contributed by atoms with Crippen LogP contribution in [0, 0.1) is 18.6 Å². The van der Waals surface area contributed by atoms with Crippen molar-refractivity contribution in [2.24, 2.45) is 5.73 Å². The van der Waals surface area contributed by atoms with Gasteiger partial charge in [-0.05, 0) is 48.0 Å². The molecule has 0 aliphatic heterocycles. The van der Waals surface area contributed by atoms with Gasteiger partial charge >= 0.3 is 0 Å². The number of rotatable bonds is 4. The third-order valence-electron chi connectivity index (χ3n) is 3.17. The summed E-state index contributed by atoms with van der Waals surface area (Å²) in [4.78, 5) is 0. The minimum Gasteiger partial charge on any atom is -0.488 e. The molecule has 0 aliphatic carbocycles. The Balaban J connectivity index is 2.27. The molecule has 1 unspecified atom stereocenters. The first-order valence-electron chi connectivity index (χ1n) is 6.51. The van der Waals surface area contributed by atoms with Crippen LogP contribution in [0.15, 0.2) is 34.8 Å². The van der Waals surface area contributed by atoms with Gasteiger partial charge in [-0.2, -0.15) is 0 Å². The fraction of sp³-hybridized carbons (Fsp3) is 0.250. The fourth-order valence-electron chi connectivity index (χ4n) is 2.01. The zero-order chi connectivity index (χ0) is 15.6. The van der Waals surface area contributed by atoms with Crippen molar-refractivity contribution in [3.8, 4) is 5.75 Å². The molecule has 0 saturated carbocycles. The van der Waals surface area contributed by atoms with E-state index in [1.807, 2.05) is 26.0 Å². The molecule has 21 heavy (non-hydrogen) atoms. The minimum atomic E-state index is -0.649. The lowest BCUT2D eigenvalue weighted by molar-refractivity contribution is 0.288. The second-order valence-corrected chi connectivity index (χ2v) is 5.79. The van der Waals surface area contributed by atoms with Gasteiger partial charge in [-0.3, -0.25) is 0 Å². The largest absolute Gasteiger partial charge is 0.488 e. The summed E-state index contributed by atoms with van der Waals surface area (Å²) >= 11 is 3.04. The number of halogens is 3. The molecule has 5 heteroatoms. The third kappa shape index (κ3) is 3.60. The SMILES string of the molecule is Cc1ccc(OCc2c(F)ccc(Br)c2F)c(C(C)N)c1. The van der Waals surface area contributed by atoms with E-state index in [9.17, 15) is 8.78 Å². The Labute approximate surface area is 131 Å². The predicted molar refractivity (Wildman–Crippen MR) is 82.2 cm³/mol. The van der Waals surface area contributed by atoms with Gasteiger partial charge in [0.15, 0.2) is 0 Å². The number of ether oxygens (including phenoxy) is 1. The topological polar surface area (TPSA) is 35.2 Å². The normalized spacial score (nSPS) is 12.3. The summed E-state index contributed by atoms with van der Waals surface area (Å²) in [5, 5.41) is 0. The summed E-state index contributed by atoms with van der Waals surface area (Å²) < 4.78 is 33.4. The quantitative estimate of drug-likeness (QED) is 0.811. The summed E-state index contributed by atoms with van der Waals surface area (Å²) in [5.41, 5.74) is 7.65. The van der Waals surface area contributed by atoms with Crippen molar-refractivity contribution in [3.63, 3.8) is 0 Å². The Hall–Kier alpha value is -1.46. The number of hydrogen-bond donors (Lipinski definition) is 1. The van der Waals surface area contributed by atoms with Crippen LogP contribution in [0.4, 0.5) is 8.78 Å². The average molecular weight is 356 g/mol. The van der Waals surface area contributed by atoms with E-state index < -0.39 is 11.6 Å². The van der Waals surface area contributed by atoms with E-state index in [0.717, 1.165) is 11.1 Å². The monoisotopic (exact) mass is 355 g/mol. The van der Waals surface area contributed by atoms with E-state index in [-0.39, 0.29) is 22.7 Å². The second-order valence-electron chi connectivity index (χ2n) is 4.94. The molecule has 0 heterocycles. The summed E-state index contributed by atoms with van der Waals surface area (Å²) in [6.45, 7) is 3.59. The number of nitrogens with two attached hydrogens (primary N) is 1. The van der Waals surface area contributed by atoms with Crippen LogP contribution in [0.3, 0.4) is 0 Å². The van der Waals surface area contributed by atoms with Crippen LogP contribution in [-0.4, -0.2) is 0 Å². The highest BCUT2D eigenvalue weighted by Gasteiger charge is 2.15. The predicted octanol–water partition coefficient (Wildman–Crippen LogP) is 4.63. The van der Waals surface area contributed by atoms with Gasteiger partial charge in [-0.25, -0.2) is 8.78 Å². The van der Waals surface area contributed by atoms with E-state index in [1.54, 1.807) is 6.07 Å². The van der Waals surface area contributed by atoms with Crippen LogP contribution in [-0.2, 0) is 6.61 Å². The zero-order valence-electron chi connectivity index (χ0n) is 11.8. The zero-order valence-corrected chi connectivity index (χ0v) is 13.4. The molecular formula is C16H16BrF2NO. The number of hydrogen-bond acceptors (Lipinski definition) is 2. The lowest BCUT2D eigenvalue weighted by atomic mass is 10.1. The maximum Gasteiger partial charge on any atom is 0.146 e. The highest BCUT2D eigenvalue weighted by atomic mass is 79.9. The lowest BCUT2D eigenvalue weighted by Gasteiger charge is -2.15. The molecule has 0 saturated heterocycles.